The molecule has 7 heteroatoms. The van der Waals surface area contributed by atoms with Crippen LogP contribution in [0.2, 0.25) is 0 Å². The second-order valence-electron chi connectivity index (χ2n) is 5.40. The summed E-state index contributed by atoms with van der Waals surface area (Å²) in [6.07, 6.45) is 7.17. The lowest BCUT2D eigenvalue weighted by Crippen LogP contribution is -2.17. The third kappa shape index (κ3) is 3.48. The third-order valence-electron chi connectivity index (χ3n) is 3.66. The average Bonchev–Trinajstić information content (AvgIpc) is 3.21. The maximum Gasteiger partial charge on any atom is 0.163 e. The first-order chi connectivity index (χ1) is 11.3. The molecule has 118 valence electrons. The van der Waals surface area contributed by atoms with Crippen LogP contribution in [-0.2, 0) is 13.0 Å². The minimum atomic E-state index is 0.237. The molecule has 0 amide bonds. The van der Waals surface area contributed by atoms with Crippen LogP contribution in [0.4, 0.5) is 5.82 Å². The van der Waals surface area contributed by atoms with Gasteiger partial charge in [-0.25, -0.2) is 14.6 Å². The van der Waals surface area contributed by atoms with E-state index in [1.165, 1.54) is 6.33 Å². The molecule has 0 aliphatic heterocycles. The summed E-state index contributed by atoms with van der Waals surface area (Å²) in [4.78, 5) is 8.60. The van der Waals surface area contributed by atoms with Crippen molar-refractivity contribution in [2.24, 2.45) is 0 Å². The molecule has 1 N–H and O–H groups in total. The molecule has 3 heterocycles. The van der Waals surface area contributed by atoms with Gasteiger partial charge in [0, 0.05) is 12.5 Å². The molecule has 0 fully saturated rings. The highest BCUT2D eigenvalue weighted by molar-refractivity contribution is 5.86. The van der Waals surface area contributed by atoms with Crippen molar-refractivity contribution in [3.8, 4) is 6.07 Å². The lowest BCUT2D eigenvalue weighted by Gasteiger charge is -2.14. The Morgan fingerprint density at radius 1 is 1.43 bits per heavy atom. The molecule has 7 nitrogen and oxygen atoms in total. The zero-order valence-electron chi connectivity index (χ0n) is 12.9. The smallest absolute Gasteiger partial charge is 0.163 e. The fraction of sp³-hybridized carbons (Fsp3) is 0.375. The van der Waals surface area contributed by atoms with Crippen molar-refractivity contribution in [1.82, 2.24) is 19.7 Å². The van der Waals surface area contributed by atoms with Crippen molar-refractivity contribution in [3.63, 3.8) is 0 Å². The van der Waals surface area contributed by atoms with E-state index in [-0.39, 0.29) is 6.04 Å². The molecule has 23 heavy (non-hydrogen) atoms. The summed E-state index contributed by atoms with van der Waals surface area (Å²) in [6, 6.07) is 6.24. The summed E-state index contributed by atoms with van der Waals surface area (Å²) in [6.45, 7) is 2.64. The highest BCUT2D eigenvalue weighted by Gasteiger charge is 2.12. The van der Waals surface area contributed by atoms with Crippen molar-refractivity contribution in [2.45, 2.75) is 38.8 Å². The third-order valence-corrected chi connectivity index (χ3v) is 3.66. The minimum absolute atomic E-state index is 0.237. The van der Waals surface area contributed by atoms with E-state index in [0.717, 1.165) is 35.5 Å². The molecule has 0 radical (unpaired) electrons. The number of anilines is 1. The SMILES string of the molecule is CC(CCc1ccco1)Nc1ncnc2c1cnn2CCC#N. The lowest BCUT2D eigenvalue weighted by molar-refractivity contribution is 0.495. The largest absolute Gasteiger partial charge is 0.469 e. The molecule has 0 spiro atoms. The van der Waals surface area contributed by atoms with Crippen LogP contribution in [0.5, 0.6) is 0 Å². The van der Waals surface area contributed by atoms with E-state index in [2.05, 4.69) is 33.4 Å². The molecule has 3 rings (SSSR count). The molecule has 0 bridgehead atoms. The molecule has 0 saturated heterocycles. The number of fused-ring (bicyclic) bond motifs is 1. The second-order valence-corrected chi connectivity index (χ2v) is 5.40. The molecule has 1 unspecified atom stereocenters. The number of nitrogens with zero attached hydrogens (tertiary/aromatic N) is 5. The van der Waals surface area contributed by atoms with Gasteiger partial charge in [0.05, 0.1) is 36.9 Å². The minimum Gasteiger partial charge on any atom is -0.469 e. The van der Waals surface area contributed by atoms with Gasteiger partial charge in [0.1, 0.15) is 17.9 Å². The Hall–Kier alpha value is -2.88. The summed E-state index contributed by atoms with van der Waals surface area (Å²) in [7, 11) is 0. The fourth-order valence-electron chi connectivity index (χ4n) is 2.45. The van der Waals surface area contributed by atoms with Gasteiger partial charge in [0.15, 0.2) is 5.65 Å². The number of furan rings is 1. The Labute approximate surface area is 134 Å². The number of aromatic nitrogens is 4. The van der Waals surface area contributed by atoms with Crippen molar-refractivity contribution in [1.29, 1.82) is 5.26 Å². The lowest BCUT2D eigenvalue weighted by atomic mass is 10.1. The van der Waals surface area contributed by atoms with Gasteiger partial charge in [-0.2, -0.15) is 10.4 Å². The highest BCUT2D eigenvalue weighted by Crippen LogP contribution is 2.20. The van der Waals surface area contributed by atoms with Crippen LogP contribution in [0.25, 0.3) is 11.0 Å². The van der Waals surface area contributed by atoms with E-state index >= 15 is 0 Å². The summed E-state index contributed by atoms with van der Waals surface area (Å²) >= 11 is 0. The molecule has 0 aliphatic carbocycles. The van der Waals surface area contributed by atoms with Crippen LogP contribution in [0, 0.1) is 11.3 Å². The quantitative estimate of drug-likeness (QED) is 0.721. The zero-order valence-corrected chi connectivity index (χ0v) is 12.9. The van der Waals surface area contributed by atoms with Gasteiger partial charge in [-0.3, -0.25) is 0 Å². The normalized spacial score (nSPS) is 12.2. The molecule has 0 saturated carbocycles. The number of rotatable bonds is 7. The molecule has 3 aromatic heterocycles. The molecular formula is C16H18N6O. The van der Waals surface area contributed by atoms with E-state index in [0.29, 0.717) is 13.0 Å². The van der Waals surface area contributed by atoms with Crippen molar-refractivity contribution in [3.05, 3.63) is 36.7 Å². The van der Waals surface area contributed by atoms with Gasteiger partial charge in [-0.05, 0) is 25.5 Å². The topological polar surface area (TPSA) is 92.6 Å². The second kappa shape index (κ2) is 6.92. The fourth-order valence-corrected chi connectivity index (χ4v) is 2.45. The summed E-state index contributed by atoms with van der Waals surface area (Å²) in [5, 5.41) is 17.3. The van der Waals surface area contributed by atoms with Crippen LogP contribution in [0.1, 0.15) is 25.5 Å². The van der Waals surface area contributed by atoms with Crippen molar-refractivity contribution < 1.29 is 4.42 Å². The number of nitriles is 1. The van der Waals surface area contributed by atoms with Gasteiger partial charge in [-0.1, -0.05) is 0 Å². The molecule has 3 aromatic rings. The highest BCUT2D eigenvalue weighted by atomic mass is 16.3. The zero-order chi connectivity index (χ0) is 16.1. The Morgan fingerprint density at radius 3 is 3.13 bits per heavy atom. The van der Waals surface area contributed by atoms with Gasteiger partial charge < -0.3 is 9.73 Å². The number of hydrogen-bond acceptors (Lipinski definition) is 6. The van der Waals surface area contributed by atoms with Crippen molar-refractivity contribution in [2.75, 3.05) is 5.32 Å². The number of aryl methyl sites for hydroxylation is 2. The summed E-state index contributed by atoms with van der Waals surface area (Å²) in [5.74, 6) is 1.75. The van der Waals surface area contributed by atoms with Crippen LogP contribution < -0.4 is 5.32 Å². The van der Waals surface area contributed by atoms with E-state index < -0.39 is 0 Å². The average molecular weight is 310 g/mol. The first kappa shape index (κ1) is 15.0. The summed E-state index contributed by atoms with van der Waals surface area (Å²) in [5.41, 5.74) is 0.746. The first-order valence-corrected chi connectivity index (χ1v) is 7.60. The number of nitrogens with one attached hydrogen (secondary N) is 1. The Bertz CT molecular complexity index is 802. The van der Waals surface area contributed by atoms with E-state index in [1.807, 2.05) is 12.1 Å². The van der Waals surface area contributed by atoms with Gasteiger partial charge >= 0.3 is 0 Å². The van der Waals surface area contributed by atoms with E-state index in [1.54, 1.807) is 17.1 Å². The van der Waals surface area contributed by atoms with Gasteiger partial charge in [-0.15, -0.1) is 0 Å². The van der Waals surface area contributed by atoms with Crippen molar-refractivity contribution >= 4 is 16.9 Å². The van der Waals surface area contributed by atoms with Crippen LogP contribution in [-0.4, -0.2) is 25.8 Å². The van der Waals surface area contributed by atoms with Gasteiger partial charge in [0.2, 0.25) is 0 Å². The molecule has 1 atom stereocenters. The van der Waals surface area contributed by atoms with Crippen LogP contribution >= 0.6 is 0 Å². The van der Waals surface area contributed by atoms with Gasteiger partial charge in [0.25, 0.3) is 0 Å². The maximum atomic E-state index is 8.70. The van der Waals surface area contributed by atoms with Crippen LogP contribution in [0.15, 0.2) is 35.3 Å². The Kier molecular flexibility index (Phi) is 4.52. The summed E-state index contributed by atoms with van der Waals surface area (Å²) < 4.78 is 7.09. The van der Waals surface area contributed by atoms with E-state index in [4.69, 9.17) is 9.68 Å². The van der Waals surface area contributed by atoms with Crippen LogP contribution in [0.3, 0.4) is 0 Å². The predicted molar refractivity (Wildman–Crippen MR) is 85.7 cm³/mol. The van der Waals surface area contributed by atoms with E-state index in [9.17, 15) is 0 Å². The Balaban J connectivity index is 1.70. The predicted octanol–water partition coefficient (Wildman–Crippen LogP) is 2.77. The molecular weight excluding hydrogens is 292 g/mol. The maximum absolute atomic E-state index is 8.70. The molecule has 0 aliphatic rings. The standard InChI is InChI=1S/C16H18N6O/c1-12(5-6-13-4-2-9-23-13)21-15-14-10-20-22(8-3-7-17)16(14)19-11-18-15/h2,4,9-12H,3,5-6,8H2,1H3,(H,18,19,21). The monoisotopic (exact) mass is 310 g/mol. The molecule has 0 aromatic carbocycles. The first-order valence-electron chi connectivity index (χ1n) is 7.60. The number of hydrogen-bond donors (Lipinski definition) is 1. The Morgan fingerprint density at radius 2 is 2.35 bits per heavy atom.